The Morgan fingerprint density at radius 1 is 1.32 bits per heavy atom. The van der Waals surface area contributed by atoms with Crippen molar-refractivity contribution in [2.24, 2.45) is 0 Å². The zero-order valence-corrected chi connectivity index (χ0v) is 11.9. The fourth-order valence-electron chi connectivity index (χ4n) is 1.53. The van der Waals surface area contributed by atoms with E-state index in [1.54, 1.807) is 0 Å². The number of nitrogens with zero attached hydrogens (tertiary/aromatic N) is 2. The lowest BCUT2D eigenvalue weighted by molar-refractivity contribution is -0.752. The molecular formula is C14H16F3N2O3+. The van der Waals surface area contributed by atoms with E-state index in [2.05, 4.69) is 9.84 Å². The van der Waals surface area contributed by atoms with Crippen molar-refractivity contribution in [1.82, 2.24) is 5.10 Å². The molecule has 1 aromatic heterocycles. The largest absolute Gasteiger partial charge is 0.490 e. The van der Waals surface area contributed by atoms with Gasteiger partial charge in [0, 0.05) is 29.6 Å². The molecule has 0 saturated carbocycles. The standard InChI is InChI=1S/C11H13N2O.C3H3F3O2/c14-9-3-7-13-8-6-10-4-1-2-5-11(10)12-13;1-8-2(7)3(4,5)6/h1-2,4-6,8,14H,3,7,9H2;1H3/q+1;. The molecule has 0 atom stereocenters. The minimum Gasteiger partial charge on any atom is -0.462 e. The van der Waals surface area contributed by atoms with Crippen molar-refractivity contribution in [1.29, 1.82) is 0 Å². The number of ether oxygens (including phenoxy) is 1. The van der Waals surface area contributed by atoms with E-state index in [0.29, 0.717) is 7.11 Å². The number of rotatable bonds is 3. The number of alkyl halides is 3. The van der Waals surface area contributed by atoms with Crippen LogP contribution in [-0.4, -0.2) is 36.1 Å². The summed E-state index contributed by atoms with van der Waals surface area (Å²) in [7, 11) is 0.676. The summed E-state index contributed by atoms with van der Waals surface area (Å²) in [4.78, 5) is 9.49. The first-order valence-electron chi connectivity index (χ1n) is 6.40. The lowest BCUT2D eigenvalue weighted by Gasteiger charge is -1.99. The predicted octanol–water partition coefficient (Wildman–Crippen LogP) is 1.63. The van der Waals surface area contributed by atoms with Crippen LogP contribution in [0.2, 0.25) is 0 Å². The van der Waals surface area contributed by atoms with E-state index < -0.39 is 12.1 Å². The fraction of sp³-hybridized carbons (Fsp3) is 0.357. The number of aromatic nitrogens is 2. The molecule has 2 rings (SSSR count). The number of benzene rings is 1. The Kier molecular flexibility index (Phi) is 6.71. The zero-order chi connectivity index (χ0) is 16.6. The van der Waals surface area contributed by atoms with Gasteiger partial charge in [-0.1, -0.05) is 22.9 Å². The summed E-state index contributed by atoms with van der Waals surface area (Å²) in [5.74, 6) is -2.17. The maximum absolute atomic E-state index is 11.0. The monoisotopic (exact) mass is 317 g/mol. The molecule has 1 heterocycles. The molecule has 0 aliphatic heterocycles. The van der Waals surface area contributed by atoms with Gasteiger partial charge in [-0.2, -0.15) is 13.2 Å². The smallest absolute Gasteiger partial charge is 0.462 e. The minimum atomic E-state index is -4.85. The van der Waals surface area contributed by atoms with Crippen molar-refractivity contribution < 1.29 is 32.5 Å². The highest BCUT2D eigenvalue weighted by Crippen LogP contribution is 2.15. The molecule has 0 unspecified atom stereocenters. The summed E-state index contributed by atoms with van der Waals surface area (Å²) in [6.07, 6.45) is -2.16. The van der Waals surface area contributed by atoms with Crippen LogP contribution >= 0.6 is 0 Å². The predicted molar refractivity (Wildman–Crippen MR) is 71.7 cm³/mol. The second-order valence-corrected chi connectivity index (χ2v) is 4.20. The van der Waals surface area contributed by atoms with Crippen LogP contribution in [0.25, 0.3) is 10.9 Å². The third-order valence-electron chi connectivity index (χ3n) is 2.56. The van der Waals surface area contributed by atoms with E-state index in [9.17, 15) is 18.0 Å². The van der Waals surface area contributed by atoms with Crippen molar-refractivity contribution in [3.05, 3.63) is 36.5 Å². The summed E-state index contributed by atoms with van der Waals surface area (Å²) in [5.41, 5.74) is 0.993. The van der Waals surface area contributed by atoms with Gasteiger partial charge in [0.2, 0.25) is 0 Å². The molecule has 0 spiro atoms. The summed E-state index contributed by atoms with van der Waals surface area (Å²) < 4.78 is 38.1. The quantitative estimate of drug-likeness (QED) is 0.690. The number of halogens is 3. The molecule has 120 valence electrons. The molecule has 0 amide bonds. The molecule has 0 fully saturated rings. The van der Waals surface area contributed by atoms with Gasteiger partial charge in [0.15, 0.2) is 12.7 Å². The van der Waals surface area contributed by atoms with Gasteiger partial charge in [-0.05, 0) is 6.07 Å². The Morgan fingerprint density at radius 3 is 2.55 bits per heavy atom. The van der Waals surface area contributed by atoms with Crippen LogP contribution in [0.3, 0.4) is 0 Å². The molecule has 2 aromatic rings. The molecule has 1 aromatic carbocycles. The third kappa shape index (κ3) is 5.65. The molecule has 22 heavy (non-hydrogen) atoms. The van der Waals surface area contributed by atoms with Crippen LogP contribution in [0.1, 0.15) is 6.42 Å². The van der Waals surface area contributed by atoms with E-state index in [4.69, 9.17) is 5.11 Å². The molecule has 0 radical (unpaired) electrons. The third-order valence-corrected chi connectivity index (χ3v) is 2.56. The maximum Gasteiger partial charge on any atom is 0.490 e. The number of aryl methyl sites for hydroxylation is 1. The van der Waals surface area contributed by atoms with Gasteiger partial charge in [-0.3, -0.25) is 0 Å². The van der Waals surface area contributed by atoms with Gasteiger partial charge in [-0.15, -0.1) is 0 Å². The topological polar surface area (TPSA) is 63.3 Å². The maximum atomic E-state index is 11.0. The van der Waals surface area contributed by atoms with Crippen LogP contribution in [0.5, 0.6) is 0 Å². The van der Waals surface area contributed by atoms with Crippen LogP contribution in [-0.2, 0) is 16.1 Å². The van der Waals surface area contributed by atoms with E-state index in [0.717, 1.165) is 23.9 Å². The van der Waals surface area contributed by atoms with Crippen molar-refractivity contribution in [2.75, 3.05) is 13.7 Å². The number of fused-ring (bicyclic) bond motifs is 1. The number of aliphatic hydroxyl groups excluding tert-OH is 1. The second-order valence-electron chi connectivity index (χ2n) is 4.20. The molecule has 8 heteroatoms. The van der Waals surface area contributed by atoms with Gasteiger partial charge < -0.3 is 9.84 Å². The summed E-state index contributed by atoms with van der Waals surface area (Å²) in [6.45, 7) is 0.975. The van der Waals surface area contributed by atoms with E-state index in [1.807, 2.05) is 41.2 Å². The highest BCUT2D eigenvalue weighted by atomic mass is 19.4. The second kappa shape index (κ2) is 8.28. The van der Waals surface area contributed by atoms with Gasteiger partial charge in [0.1, 0.15) is 5.52 Å². The number of carbonyl (C=O) groups excluding carboxylic acids is 1. The van der Waals surface area contributed by atoms with Crippen LogP contribution < -0.4 is 4.68 Å². The normalized spacial score (nSPS) is 10.8. The first-order chi connectivity index (χ1) is 10.4. The average molecular weight is 317 g/mol. The number of methoxy groups -OCH3 is 1. The van der Waals surface area contributed by atoms with Crippen LogP contribution in [0.15, 0.2) is 36.5 Å². The fourth-order valence-corrected chi connectivity index (χ4v) is 1.53. The van der Waals surface area contributed by atoms with Crippen molar-refractivity contribution >= 4 is 16.9 Å². The van der Waals surface area contributed by atoms with Gasteiger partial charge in [0.25, 0.3) is 0 Å². The van der Waals surface area contributed by atoms with Gasteiger partial charge in [0.05, 0.1) is 7.11 Å². The molecular weight excluding hydrogens is 301 g/mol. The van der Waals surface area contributed by atoms with Crippen LogP contribution in [0, 0.1) is 0 Å². The lowest BCUT2D eigenvalue weighted by atomic mass is 10.2. The van der Waals surface area contributed by atoms with E-state index >= 15 is 0 Å². The number of aliphatic hydroxyl groups is 1. The molecule has 5 nitrogen and oxygen atoms in total. The van der Waals surface area contributed by atoms with E-state index in [1.165, 1.54) is 0 Å². The van der Waals surface area contributed by atoms with Crippen molar-refractivity contribution in [2.45, 2.75) is 19.1 Å². The molecule has 0 bridgehead atoms. The zero-order valence-electron chi connectivity index (χ0n) is 11.9. The molecule has 1 N–H and O–H groups in total. The number of hydrogen-bond donors (Lipinski definition) is 1. The number of hydrogen-bond acceptors (Lipinski definition) is 4. The summed E-state index contributed by atoms with van der Waals surface area (Å²) >= 11 is 0. The van der Waals surface area contributed by atoms with Crippen molar-refractivity contribution in [3.63, 3.8) is 0 Å². The first kappa shape index (κ1) is 17.8. The highest BCUT2D eigenvalue weighted by molar-refractivity contribution is 5.76. The number of carbonyl (C=O) groups is 1. The molecule has 0 aliphatic rings. The molecule has 0 aliphatic carbocycles. The summed E-state index contributed by atoms with van der Waals surface area (Å²) in [6, 6.07) is 10.1. The molecule has 0 saturated heterocycles. The Bertz CT molecular complexity index is 618. The Hall–Kier alpha value is -2.22. The summed E-state index contributed by atoms with van der Waals surface area (Å²) in [5, 5.41) is 14.3. The Balaban J connectivity index is 0.000000261. The van der Waals surface area contributed by atoms with E-state index in [-0.39, 0.29) is 6.61 Å². The minimum absolute atomic E-state index is 0.210. The Morgan fingerprint density at radius 2 is 2.00 bits per heavy atom. The van der Waals surface area contributed by atoms with Gasteiger partial charge in [-0.25, -0.2) is 4.79 Å². The van der Waals surface area contributed by atoms with Gasteiger partial charge >= 0.3 is 12.1 Å². The lowest BCUT2D eigenvalue weighted by Crippen LogP contribution is -2.37. The first-order valence-corrected chi connectivity index (χ1v) is 6.40. The Labute approximate surface area is 124 Å². The van der Waals surface area contributed by atoms with Crippen molar-refractivity contribution in [3.8, 4) is 0 Å². The highest BCUT2D eigenvalue weighted by Gasteiger charge is 2.39. The average Bonchev–Trinajstić information content (AvgIpc) is 2.51. The SMILES string of the molecule is COC(=O)C(F)(F)F.OCCC[n+]1ccc2ccccc2n1. The number of esters is 1. The van der Waals surface area contributed by atoms with Crippen LogP contribution in [0.4, 0.5) is 13.2 Å².